The number of aromatic nitrogens is 1. The molecule has 9 heteroatoms. The monoisotopic (exact) mass is 429 g/mol. The quantitative estimate of drug-likeness (QED) is 0.719. The van der Waals surface area contributed by atoms with Crippen LogP contribution in [0.4, 0.5) is 0 Å². The molecule has 0 aliphatic carbocycles. The van der Waals surface area contributed by atoms with E-state index in [4.69, 9.17) is 0 Å². The van der Waals surface area contributed by atoms with Crippen LogP contribution in [-0.2, 0) is 21.4 Å². The number of hydrogen-bond donors (Lipinski definition) is 2. The number of nitrogens with zero attached hydrogens (tertiary/aromatic N) is 3. The second kappa shape index (κ2) is 7.69. The maximum atomic E-state index is 13.5. The third-order valence-corrected chi connectivity index (χ3v) is 6.35. The third-order valence-electron chi connectivity index (χ3n) is 6.35. The number of amides is 4. The van der Waals surface area contributed by atoms with Gasteiger partial charge in [0.25, 0.3) is 5.91 Å². The average Bonchev–Trinajstić information content (AvgIpc) is 3.36. The predicted octanol–water partition coefficient (Wildman–Crippen LogP) is 0.260. The molecule has 3 saturated heterocycles. The Morgan fingerprint density at radius 3 is 2.65 bits per heavy atom. The molecule has 3 fully saturated rings. The zero-order valence-electron chi connectivity index (χ0n) is 18.6. The Bertz CT molecular complexity index is 917. The second-order valence-corrected chi connectivity index (χ2v) is 10.1. The maximum Gasteiger partial charge on any atom is 0.271 e. The fourth-order valence-electron chi connectivity index (χ4n) is 4.95. The van der Waals surface area contributed by atoms with Crippen LogP contribution in [0.2, 0.25) is 0 Å². The van der Waals surface area contributed by atoms with E-state index >= 15 is 0 Å². The summed E-state index contributed by atoms with van der Waals surface area (Å²) >= 11 is 0. The zero-order valence-corrected chi connectivity index (χ0v) is 18.6. The Labute approximate surface area is 182 Å². The summed E-state index contributed by atoms with van der Waals surface area (Å²) in [7, 11) is 1.79. The van der Waals surface area contributed by atoms with E-state index in [9.17, 15) is 19.2 Å². The molecule has 0 unspecified atom stereocenters. The highest BCUT2D eigenvalue weighted by Crippen LogP contribution is 2.30. The minimum atomic E-state index is -0.722. The molecule has 0 aromatic carbocycles. The molecule has 0 spiro atoms. The minimum Gasteiger partial charge on any atom is -0.351 e. The van der Waals surface area contributed by atoms with Gasteiger partial charge in [-0.3, -0.25) is 19.2 Å². The van der Waals surface area contributed by atoms with E-state index in [2.05, 4.69) is 10.6 Å². The van der Waals surface area contributed by atoms with Crippen molar-refractivity contribution in [3.8, 4) is 0 Å². The summed E-state index contributed by atoms with van der Waals surface area (Å²) in [6.45, 7) is 6.66. The molecule has 4 amide bonds. The smallest absolute Gasteiger partial charge is 0.271 e. The summed E-state index contributed by atoms with van der Waals surface area (Å²) in [5.74, 6) is -0.722. The first-order valence-electron chi connectivity index (χ1n) is 10.9. The van der Waals surface area contributed by atoms with Crippen LogP contribution < -0.4 is 10.6 Å². The summed E-state index contributed by atoms with van der Waals surface area (Å²) < 4.78 is 1.73. The van der Waals surface area contributed by atoms with Crippen molar-refractivity contribution in [2.75, 3.05) is 13.1 Å². The molecule has 4 atom stereocenters. The molecule has 0 radical (unpaired) electrons. The first kappa shape index (κ1) is 21.4. The van der Waals surface area contributed by atoms with Crippen LogP contribution in [0, 0.1) is 5.41 Å². The van der Waals surface area contributed by atoms with Crippen molar-refractivity contribution in [2.45, 2.75) is 64.2 Å². The van der Waals surface area contributed by atoms with Crippen molar-refractivity contribution in [2.24, 2.45) is 12.5 Å². The first-order valence-corrected chi connectivity index (χ1v) is 10.9. The predicted molar refractivity (Wildman–Crippen MR) is 113 cm³/mol. The molecule has 3 aliphatic heterocycles. The third kappa shape index (κ3) is 4.05. The fourth-order valence-corrected chi connectivity index (χ4v) is 4.95. The highest BCUT2D eigenvalue weighted by Gasteiger charge is 2.52. The van der Waals surface area contributed by atoms with Crippen molar-refractivity contribution in [1.29, 1.82) is 0 Å². The number of carbonyl (C=O) groups is 4. The molecule has 3 aliphatic rings. The van der Waals surface area contributed by atoms with Crippen molar-refractivity contribution in [1.82, 2.24) is 25.0 Å². The number of aryl methyl sites for hydroxylation is 1. The maximum absolute atomic E-state index is 13.5. The molecule has 0 saturated carbocycles. The van der Waals surface area contributed by atoms with Gasteiger partial charge >= 0.3 is 0 Å². The molecule has 0 bridgehead atoms. The normalized spacial score (nSPS) is 28.1. The van der Waals surface area contributed by atoms with Gasteiger partial charge in [-0.25, -0.2) is 0 Å². The topological polar surface area (TPSA) is 104 Å². The van der Waals surface area contributed by atoms with Gasteiger partial charge in [0.2, 0.25) is 17.7 Å². The molecular formula is C22H31N5O4. The number of likely N-dealkylation sites (tertiary alicyclic amines) is 1. The van der Waals surface area contributed by atoms with Gasteiger partial charge in [0.15, 0.2) is 0 Å². The molecule has 31 heavy (non-hydrogen) atoms. The molecular weight excluding hydrogens is 398 g/mol. The van der Waals surface area contributed by atoms with E-state index in [0.717, 1.165) is 0 Å². The van der Waals surface area contributed by atoms with Gasteiger partial charge in [-0.1, -0.05) is 20.8 Å². The standard InChI is InChI=1S/C22H31N5O4/c1-22(2,3)11-17(28)23-13-10-16-19(29)24-14-7-9-26(18(14)21(31)27(16)12-13)20(30)15-6-5-8-25(15)4/h5-6,8,13-14,16,18H,7,9-12H2,1-4H3,(H,23,28)(H,24,29)/t13-,14-,16+,18+/m1/s1. The molecule has 9 nitrogen and oxygen atoms in total. The van der Waals surface area contributed by atoms with E-state index in [1.165, 1.54) is 0 Å². The van der Waals surface area contributed by atoms with Gasteiger partial charge in [-0.05, 0) is 30.4 Å². The zero-order chi connectivity index (χ0) is 22.5. The van der Waals surface area contributed by atoms with Crippen molar-refractivity contribution in [3.63, 3.8) is 0 Å². The summed E-state index contributed by atoms with van der Waals surface area (Å²) in [6, 6.07) is 1.52. The van der Waals surface area contributed by atoms with Crippen LogP contribution in [0.1, 0.15) is 50.5 Å². The van der Waals surface area contributed by atoms with Crippen molar-refractivity contribution in [3.05, 3.63) is 24.0 Å². The number of fused-ring (bicyclic) bond motifs is 2. The van der Waals surface area contributed by atoms with Crippen LogP contribution in [0.5, 0.6) is 0 Å². The Morgan fingerprint density at radius 2 is 2.00 bits per heavy atom. The van der Waals surface area contributed by atoms with E-state index < -0.39 is 12.1 Å². The average molecular weight is 430 g/mol. The lowest BCUT2D eigenvalue weighted by Crippen LogP contribution is -2.52. The van der Waals surface area contributed by atoms with Crippen LogP contribution in [0.25, 0.3) is 0 Å². The summed E-state index contributed by atoms with van der Waals surface area (Å²) in [5, 5.41) is 5.96. The molecule has 4 heterocycles. The Balaban J connectivity index is 1.51. The second-order valence-electron chi connectivity index (χ2n) is 10.1. The minimum absolute atomic E-state index is 0.0812. The number of hydrogen-bond acceptors (Lipinski definition) is 4. The highest BCUT2D eigenvalue weighted by molar-refractivity contribution is 6.00. The largest absolute Gasteiger partial charge is 0.351 e. The Hall–Kier alpha value is -2.84. The Morgan fingerprint density at radius 1 is 1.26 bits per heavy atom. The molecule has 1 aromatic rings. The molecule has 4 rings (SSSR count). The van der Waals surface area contributed by atoms with E-state index in [1.807, 2.05) is 20.8 Å². The first-order chi connectivity index (χ1) is 14.5. The van der Waals surface area contributed by atoms with Crippen molar-refractivity contribution >= 4 is 23.6 Å². The molecule has 2 N–H and O–H groups in total. The van der Waals surface area contributed by atoms with E-state index in [1.54, 1.807) is 39.7 Å². The van der Waals surface area contributed by atoms with Crippen molar-refractivity contribution < 1.29 is 19.2 Å². The van der Waals surface area contributed by atoms with Gasteiger partial charge < -0.3 is 25.0 Å². The van der Waals surface area contributed by atoms with Gasteiger partial charge in [0.05, 0.1) is 6.04 Å². The van der Waals surface area contributed by atoms with Crippen LogP contribution >= 0.6 is 0 Å². The highest BCUT2D eigenvalue weighted by atomic mass is 16.2. The lowest BCUT2D eigenvalue weighted by Gasteiger charge is -2.29. The molecule has 1 aromatic heterocycles. The van der Waals surface area contributed by atoms with Gasteiger partial charge in [0.1, 0.15) is 17.8 Å². The van der Waals surface area contributed by atoms with Crippen LogP contribution in [-0.4, -0.2) is 75.3 Å². The SMILES string of the molecule is Cn1cccc1C(=O)N1CC[C@H]2NC(=O)[C@@H]3C[C@@H](NC(=O)CC(C)(C)C)CN3C(=O)[C@H]21. The van der Waals surface area contributed by atoms with E-state index in [-0.39, 0.29) is 47.7 Å². The number of carbonyl (C=O) groups excluding carboxylic acids is 4. The van der Waals surface area contributed by atoms with Gasteiger partial charge in [-0.15, -0.1) is 0 Å². The number of nitrogens with one attached hydrogen (secondary N) is 2. The summed E-state index contributed by atoms with van der Waals surface area (Å²) in [5.41, 5.74) is 0.365. The Kier molecular flexibility index (Phi) is 5.31. The number of rotatable bonds is 3. The van der Waals surface area contributed by atoms with Gasteiger partial charge in [-0.2, -0.15) is 0 Å². The summed E-state index contributed by atoms with van der Waals surface area (Å²) in [4.78, 5) is 55.0. The fraction of sp³-hybridized carbons (Fsp3) is 0.636. The summed E-state index contributed by atoms with van der Waals surface area (Å²) in [6.07, 6.45) is 3.10. The van der Waals surface area contributed by atoms with E-state index in [0.29, 0.717) is 31.5 Å². The van der Waals surface area contributed by atoms with Crippen LogP contribution in [0.15, 0.2) is 18.3 Å². The van der Waals surface area contributed by atoms with Gasteiger partial charge in [0, 0.05) is 38.8 Å². The van der Waals surface area contributed by atoms with Crippen LogP contribution in [0.3, 0.4) is 0 Å². The lowest BCUT2D eigenvalue weighted by atomic mass is 9.92. The molecule has 168 valence electrons. The lowest BCUT2D eigenvalue weighted by molar-refractivity contribution is -0.138.